The Bertz CT molecular complexity index is 84.3. The van der Waals surface area contributed by atoms with Gasteiger partial charge in [0.1, 0.15) is 0 Å². The molecule has 0 unspecified atom stereocenters. The maximum atomic E-state index is 5.61. The maximum Gasteiger partial charge on any atom is 0.0223 e. The van der Waals surface area contributed by atoms with Gasteiger partial charge < -0.3 is 0 Å². The van der Waals surface area contributed by atoms with Crippen LogP contribution in [0.1, 0.15) is 64.2 Å². The van der Waals surface area contributed by atoms with Crippen LogP contribution in [0.4, 0.5) is 0 Å². The van der Waals surface area contributed by atoms with Crippen molar-refractivity contribution in [3.63, 3.8) is 0 Å². The van der Waals surface area contributed by atoms with Crippen LogP contribution >= 0.6 is 11.6 Å². The van der Waals surface area contributed by atoms with Crippen LogP contribution < -0.4 is 0 Å². The molecule has 0 nitrogen and oxygen atoms in total. The Labute approximate surface area is 98.2 Å². The highest BCUT2D eigenvalue weighted by Crippen LogP contribution is 2.11. The average molecular weight is 232 g/mol. The zero-order valence-corrected chi connectivity index (χ0v) is 11.1. The molecule has 0 bridgehead atoms. The first-order chi connectivity index (χ1) is 6.91. The molecule has 0 saturated heterocycles. The van der Waals surface area contributed by atoms with Gasteiger partial charge in [0.05, 0.1) is 0 Å². The maximum absolute atomic E-state index is 5.61. The van der Waals surface area contributed by atoms with Crippen molar-refractivity contribution in [2.75, 3.05) is 5.88 Å². The molecular formula is C12H24ClSi. The predicted molar refractivity (Wildman–Crippen MR) is 67.5 cm³/mol. The van der Waals surface area contributed by atoms with Gasteiger partial charge in [-0.2, -0.15) is 0 Å². The SMILES string of the molecule is [Si]CCCCCCCCCCCCCl. The van der Waals surface area contributed by atoms with Crippen LogP contribution in [0.3, 0.4) is 0 Å². The summed E-state index contributed by atoms with van der Waals surface area (Å²) >= 11 is 5.61. The Morgan fingerprint density at radius 3 is 1.29 bits per heavy atom. The van der Waals surface area contributed by atoms with Crippen LogP contribution in [0.5, 0.6) is 0 Å². The highest BCUT2D eigenvalue weighted by molar-refractivity contribution is 6.17. The van der Waals surface area contributed by atoms with Crippen molar-refractivity contribution in [2.24, 2.45) is 0 Å². The lowest BCUT2D eigenvalue weighted by atomic mass is 10.1. The third-order valence-electron chi connectivity index (χ3n) is 2.56. The van der Waals surface area contributed by atoms with Gasteiger partial charge in [0.15, 0.2) is 0 Å². The number of hydrogen-bond acceptors (Lipinski definition) is 0. The van der Waals surface area contributed by atoms with Gasteiger partial charge in [0, 0.05) is 16.1 Å². The highest BCUT2D eigenvalue weighted by Gasteiger charge is 1.91. The summed E-state index contributed by atoms with van der Waals surface area (Å²) in [5.74, 6) is 0.840. The molecule has 0 aromatic carbocycles. The zero-order chi connectivity index (χ0) is 10.5. The lowest BCUT2D eigenvalue weighted by Gasteiger charge is -2.01. The van der Waals surface area contributed by atoms with Gasteiger partial charge in [-0.05, 0) is 6.42 Å². The predicted octanol–water partition coefficient (Wildman–Crippen LogP) is 4.71. The van der Waals surface area contributed by atoms with E-state index in [2.05, 4.69) is 10.2 Å². The second kappa shape index (κ2) is 13.5. The highest BCUT2D eigenvalue weighted by atomic mass is 35.5. The summed E-state index contributed by atoms with van der Waals surface area (Å²) in [5, 5.41) is 0. The molecule has 0 fully saturated rings. The molecule has 14 heavy (non-hydrogen) atoms. The third kappa shape index (κ3) is 12.5. The fourth-order valence-electron chi connectivity index (χ4n) is 1.63. The average Bonchev–Trinajstić information content (AvgIpc) is 2.21. The normalized spacial score (nSPS) is 10.7. The van der Waals surface area contributed by atoms with Gasteiger partial charge >= 0.3 is 0 Å². The Balaban J connectivity index is 2.78. The topological polar surface area (TPSA) is 0 Å². The van der Waals surface area contributed by atoms with Crippen molar-refractivity contribution in [2.45, 2.75) is 70.3 Å². The molecule has 0 spiro atoms. The zero-order valence-electron chi connectivity index (χ0n) is 9.36. The molecule has 0 amide bonds. The Kier molecular flexibility index (Phi) is 14.0. The molecule has 0 N–H and O–H groups in total. The number of rotatable bonds is 11. The number of halogens is 1. The minimum absolute atomic E-state index is 0.840. The Morgan fingerprint density at radius 1 is 0.571 bits per heavy atom. The number of hydrogen-bond donors (Lipinski definition) is 0. The fourth-order valence-corrected chi connectivity index (χ4v) is 2.07. The molecule has 0 aromatic rings. The molecule has 0 rings (SSSR count). The molecular weight excluding hydrogens is 208 g/mol. The van der Waals surface area contributed by atoms with E-state index in [0.29, 0.717) is 0 Å². The van der Waals surface area contributed by atoms with Crippen molar-refractivity contribution >= 4 is 21.8 Å². The van der Waals surface area contributed by atoms with E-state index in [1.165, 1.54) is 70.3 Å². The van der Waals surface area contributed by atoms with E-state index >= 15 is 0 Å². The van der Waals surface area contributed by atoms with Crippen LogP contribution in [-0.2, 0) is 0 Å². The van der Waals surface area contributed by atoms with Crippen molar-refractivity contribution in [3.8, 4) is 0 Å². The molecule has 0 aliphatic heterocycles. The van der Waals surface area contributed by atoms with Crippen LogP contribution in [0.25, 0.3) is 0 Å². The molecule has 0 aliphatic rings. The van der Waals surface area contributed by atoms with E-state index in [9.17, 15) is 0 Å². The van der Waals surface area contributed by atoms with E-state index in [0.717, 1.165) is 5.88 Å². The number of alkyl halides is 1. The first kappa shape index (κ1) is 14.5. The standard InChI is InChI=1S/C12H24ClSi/c13-11-9-7-5-3-1-2-4-6-8-10-12-14/h1-12H2. The van der Waals surface area contributed by atoms with E-state index in [4.69, 9.17) is 11.6 Å². The smallest absolute Gasteiger partial charge is 0.0223 e. The summed E-state index contributed by atoms with van der Waals surface area (Å²) in [4.78, 5) is 0. The minimum atomic E-state index is 0.840. The van der Waals surface area contributed by atoms with Crippen LogP contribution in [-0.4, -0.2) is 16.1 Å². The van der Waals surface area contributed by atoms with Gasteiger partial charge in [0.2, 0.25) is 0 Å². The van der Waals surface area contributed by atoms with Crippen LogP contribution in [0, 0.1) is 0 Å². The summed E-state index contributed by atoms with van der Waals surface area (Å²) in [7, 11) is 3.50. The lowest BCUT2D eigenvalue weighted by molar-refractivity contribution is 0.563. The molecule has 0 aromatic heterocycles. The molecule has 0 aliphatic carbocycles. The van der Waals surface area contributed by atoms with E-state index in [1.807, 2.05) is 0 Å². The molecule has 2 heteroatoms. The van der Waals surface area contributed by atoms with Gasteiger partial charge in [-0.3, -0.25) is 0 Å². The summed E-state index contributed by atoms with van der Waals surface area (Å²) in [6.07, 6.45) is 13.8. The van der Waals surface area contributed by atoms with Crippen molar-refractivity contribution < 1.29 is 0 Å². The van der Waals surface area contributed by atoms with Crippen molar-refractivity contribution in [1.29, 1.82) is 0 Å². The van der Waals surface area contributed by atoms with Crippen LogP contribution in [0.2, 0.25) is 6.04 Å². The second-order valence-corrected chi connectivity index (χ2v) is 4.85. The van der Waals surface area contributed by atoms with Crippen molar-refractivity contribution in [1.82, 2.24) is 0 Å². The van der Waals surface area contributed by atoms with Crippen LogP contribution in [0.15, 0.2) is 0 Å². The van der Waals surface area contributed by atoms with Crippen molar-refractivity contribution in [3.05, 3.63) is 0 Å². The van der Waals surface area contributed by atoms with Gasteiger partial charge in [-0.15, -0.1) is 11.6 Å². The Morgan fingerprint density at radius 2 is 0.929 bits per heavy atom. The lowest BCUT2D eigenvalue weighted by Crippen LogP contribution is -1.82. The number of unbranched alkanes of at least 4 members (excludes halogenated alkanes) is 9. The Hall–Kier alpha value is 0.507. The third-order valence-corrected chi connectivity index (χ3v) is 3.18. The largest absolute Gasteiger partial charge is 0.127 e. The summed E-state index contributed by atoms with van der Waals surface area (Å²) < 4.78 is 0. The summed E-state index contributed by atoms with van der Waals surface area (Å²) in [6, 6.07) is 1.17. The first-order valence-electron chi connectivity index (χ1n) is 6.12. The first-order valence-corrected chi connectivity index (χ1v) is 7.36. The van der Waals surface area contributed by atoms with E-state index in [-0.39, 0.29) is 0 Å². The molecule has 0 saturated carbocycles. The molecule has 3 radical (unpaired) electrons. The molecule has 83 valence electrons. The minimum Gasteiger partial charge on any atom is -0.127 e. The summed E-state index contributed by atoms with van der Waals surface area (Å²) in [6.45, 7) is 0. The fraction of sp³-hybridized carbons (Fsp3) is 1.00. The monoisotopic (exact) mass is 231 g/mol. The molecule has 0 heterocycles. The van der Waals surface area contributed by atoms with Gasteiger partial charge in [-0.25, -0.2) is 0 Å². The second-order valence-electron chi connectivity index (χ2n) is 3.97. The molecule has 0 atom stereocenters. The van der Waals surface area contributed by atoms with E-state index < -0.39 is 0 Å². The van der Waals surface area contributed by atoms with E-state index in [1.54, 1.807) is 0 Å². The quantitative estimate of drug-likeness (QED) is 0.274. The summed E-state index contributed by atoms with van der Waals surface area (Å²) in [5.41, 5.74) is 0. The van der Waals surface area contributed by atoms with Gasteiger partial charge in [0.25, 0.3) is 0 Å². The van der Waals surface area contributed by atoms with Gasteiger partial charge in [-0.1, -0.05) is 63.8 Å².